The van der Waals surface area contributed by atoms with Gasteiger partial charge in [-0.2, -0.15) is 0 Å². The van der Waals surface area contributed by atoms with E-state index in [4.69, 9.17) is 37.0 Å². The largest absolute Gasteiger partial charge is 0.472 e. The Morgan fingerprint density at radius 3 is 0.811 bits per heavy atom. The maximum absolute atomic E-state index is 13.1. The van der Waals surface area contributed by atoms with E-state index < -0.39 is 97.5 Å². The number of allylic oxidation sites excluding steroid dienone is 22. The Labute approximate surface area is 644 Å². The number of unbranched alkanes of at least 4 members (excludes halogenated alkanes) is 29. The first-order valence-corrected chi connectivity index (χ1v) is 44.4. The van der Waals surface area contributed by atoms with Gasteiger partial charge in [0.2, 0.25) is 0 Å². The number of aliphatic hydroxyl groups excluding tert-OH is 1. The van der Waals surface area contributed by atoms with Crippen molar-refractivity contribution >= 4 is 39.5 Å². The van der Waals surface area contributed by atoms with Gasteiger partial charge >= 0.3 is 39.5 Å². The van der Waals surface area contributed by atoms with E-state index in [0.717, 1.165) is 180 Å². The predicted molar refractivity (Wildman–Crippen MR) is 436 cm³/mol. The molecule has 0 spiro atoms. The Balaban J connectivity index is 5.41. The van der Waals surface area contributed by atoms with Gasteiger partial charge in [-0.25, -0.2) is 9.13 Å². The zero-order valence-electron chi connectivity index (χ0n) is 66.6. The summed E-state index contributed by atoms with van der Waals surface area (Å²) in [7, 11) is -9.98. The quantitative estimate of drug-likeness (QED) is 0.0169. The first-order chi connectivity index (χ1) is 51.7. The number of carbonyl (C=O) groups excluding carboxylic acids is 4. The molecular formula is C87H148O17P2. The molecule has 5 atom stereocenters. The van der Waals surface area contributed by atoms with Crippen LogP contribution in [-0.4, -0.2) is 96.7 Å². The highest BCUT2D eigenvalue weighted by Gasteiger charge is 2.30. The van der Waals surface area contributed by atoms with Gasteiger partial charge in [0.05, 0.1) is 26.4 Å². The second-order valence-corrected chi connectivity index (χ2v) is 30.2. The van der Waals surface area contributed by atoms with Crippen molar-refractivity contribution in [3.63, 3.8) is 0 Å². The van der Waals surface area contributed by atoms with E-state index in [9.17, 15) is 43.2 Å². The third kappa shape index (κ3) is 77.4. The third-order valence-corrected chi connectivity index (χ3v) is 19.0. The van der Waals surface area contributed by atoms with Gasteiger partial charge in [-0.15, -0.1) is 0 Å². The zero-order valence-corrected chi connectivity index (χ0v) is 68.4. The number of phosphoric acid groups is 2. The lowest BCUT2D eigenvalue weighted by Crippen LogP contribution is -2.30. The molecule has 0 aromatic carbocycles. The molecule has 0 aliphatic heterocycles. The van der Waals surface area contributed by atoms with E-state index in [-0.39, 0.29) is 25.7 Å². The summed E-state index contributed by atoms with van der Waals surface area (Å²) in [5, 5.41) is 10.7. The molecule has 5 unspecified atom stereocenters. The van der Waals surface area contributed by atoms with E-state index in [2.05, 4.69) is 149 Å². The van der Waals surface area contributed by atoms with Gasteiger partial charge < -0.3 is 33.8 Å². The summed E-state index contributed by atoms with van der Waals surface area (Å²) < 4.78 is 68.7. The maximum Gasteiger partial charge on any atom is 0.472 e. The standard InChI is InChI=1S/C87H148O17P2/c1-5-9-13-17-21-25-29-33-36-39-40-43-45-49-52-56-60-64-68-72-85(90)98-78-83(104-87(92)74-70-66-62-58-54-50-46-42-38-35-31-27-23-19-15-11-7-3)80-102-106(95,96)100-76-81(88)75-99-105(93,94)101-79-82(103-86(91)73-69-65-61-57-53-47-32-28-24-20-16-12-8-4)77-97-84(89)71-67-63-59-55-51-48-44-41-37-34-30-26-22-18-14-10-6-2/h10-11,14-15,21-23,25-27,33-38,40,43-44,48,55,59,81-83,88H,5-9,12-13,16-20,24,28-32,39,41-42,45-47,49-54,56-58,60-80H2,1-4H3,(H,93,94)(H,95,96)/b14-10-,15-11-,25-21-,26-22-,27-23-,36-33-,37-34-,38-35-,43-40-,48-44-,59-55-. The van der Waals surface area contributed by atoms with Gasteiger partial charge in [0.25, 0.3) is 0 Å². The number of hydrogen-bond acceptors (Lipinski definition) is 15. The Hall–Kier alpha value is -4.80. The highest BCUT2D eigenvalue weighted by molar-refractivity contribution is 7.47. The molecule has 0 radical (unpaired) electrons. The van der Waals surface area contributed by atoms with Crippen molar-refractivity contribution in [3.05, 3.63) is 134 Å². The average molecular weight is 1530 g/mol. The van der Waals surface area contributed by atoms with Crippen molar-refractivity contribution in [3.8, 4) is 0 Å². The molecule has 0 saturated carbocycles. The van der Waals surface area contributed by atoms with Crippen LogP contribution in [0.4, 0.5) is 0 Å². The van der Waals surface area contributed by atoms with Crippen molar-refractivity contribution < 1.29 is 80.2 Å². The van der Waals surface area contributed by atoms with Gasteiger partial charge in [0.15, 0.2) is 12.2 Å². The predicted octanol–water partition coefficient (Wildman–Crippen LogP) is 24.4. The monoisotopic (exact) mass is 1530 g/mol. The minimum absolute atomic E-state index is 0.0771. The van der Waals surface area contributed by atoms with Crippen LogP contribution in [0.5, 0.6) is 0 Å². The van der Waals surface area contributed by atoms with Crippen molar-refractivity contribution in [1.82, 2.24) is 0 Å². The highest BCUT2D eigenvalue weighted by atomic mass is 31.2. The summed E-state index contributed by atoms with van der Waals surface area (Å²) in [4.78, 5) is 73.1. The van der Waals surface area contributed by atoms with Crippen LogP contribution in [0.1, 0.15) is 336 Å². The summed E-state index contributed by atoms with van der Waals surface area (Å²) in [6.45, 7) is 4.57. The molecule has 0 saturated heterocycles. The van der Waals surface area contributed by atoms with Crippen molar-refractivity contribution in [2.24, 2.45) is 0 Å². The number of rotatable bonds is 77. The average Bonchev–Trinajstić information content (AvgIpc) is 0.937. The molecule has 19 heteroatoms. The van der Waals surface area contributed by atoms with Crippen LogP contribution in [0.2, 0.25) is 0 Å². The van der Waals surface area contributed by atoms with E-state index in [1.807, 2.05) is 12.2 Å². The second-order valence-electron chi connectivity index (χ2n) is 27.3. The fraction of sp³-hybridized carbons (Fsp3) is 0.701. The van der Waals surface area contributed by atoms with Crippen LogP contribution in [0.3, 0.4) is 0 Å². The normalized spacial score (nSPS) is 14.5. The minimum atomic E-state index is -4.99. The molecule has 0 aliphatic rings. The third-order valence-electron chi connectivity index (χ3n) is 17.1. The van der Waals surface area contributed by atoms with Gasteiger partial charge in [-0.1, -0.05) is 309 Å². The maximum atomic E-state index is 13.1. The van der Waals surface area contributed by atoms with Gasteiger partial charge in [0.1, 0.15) is 19.3 Å². The van der Waals surface area contributed by atoms with E-state index in [1.54, 1.807) is 0 Å². The molecule has 0 amide bonds. The summed E-state index contributed by atoms with van der Waals surface area (Å²) >= 11 is 0. The number of hydrogen-bond donors (Lipinski definition) is 3. The molecular weight excluding hydrogens is 1380 g/mol. The molecule has 0 rings (SSSR count). The zero-order chi connectivity index (χ0) is 77.4. The molecule has 608 valence electrons. The molecule has 0 aromatic rings. The lowest BCUT2D eigenvalue weighted by atomic mass is 10.0. The lowest BCUT2D eigenvalue weighted by molar-refractivity contribution is -0.161. The molecule has 0 bridgehead atoms. The first kappa shape index (κ1) is 101. The molecule has 106 heavy (non-hydrogen) atoms. The Bertz CT molecular complexity index is 2530. The molecule has 0 aliphatic carbocycles. The minimum Gasteiger partial charge on any atom is -0.462 e. The molecule has 0 aromatic heterocycles. The van der Waals surface area contributed by atoms with Crippen molar-refractivity contribution in [2.75, 3.05) is 39.6 Å². The van der Waals surface area contributed by atoms with Crippen molar-refractivity contribution in [2.45, 2.75) is 354 Å². The molecule has 0 fully saturated rings. The van der Waals surface area contributed by atoms with Crippen LogP contribution in [-0.2, 0) is 65.4 Å². The van der Waals surface area contributed by atoms with E-state index in [0.29, 0.717) is 32.1 Å². The fourth-order valence-corrected chi connectivity index (χ4v) is 12.4. The van der Waals surface area contributed by atoms with E-state index >= 15 is 0 Å². The fourth-order valence-electron chi connectivity index (χ4n) is 10.9. The lowest BCUT2D eigenvalue weighted by Gasteiger charge is -2.21. The number of aliphatic hydroxyl groups is 1. The van der Waals surface area contributed by atoms with Crippen molar-refractivity contribution in [1.29, 1.82) is 0 Å². The summed E-state index contributed by atoms with van der Waals surface area (Å²) in [5.74, 6) is -2.26. The number of esters is 4. The van der Waals surface area contributed by atoms with Crippen LogP contribution in [0, 0.1) is 0 Å². The Morgan fingerprint density at radius 1 is 0.274 bits per heavy atom. The van der Waals surface area contributed by atoms with Gasteiger partial charge in [0, 0.05) is 25.7 Å². The van der Waals surface area contributed by atoms with Crippen LogP contribution >= 0.6 is 15.6 Å². The van der Waals surface area contributed by atoms with Crippen LogP contribution in [0.15, 0.2) is 134 Å². The summed E-state index contributed by atoms with van der Waals surface area (Å²) in [6, 6.07) is 0. The molecule has 3 N–H and O–H groups in total. The topological polar surface area (TPSA) is 237 Å². The van der Waals surface area contributed by atoms with Gasteiger partial charge in [-0.05, 0) is 135 Å². The van der Waals surface area contributed by atoms with Crippen LogP contribution < -0.4 is 0 Å². The number of phosphoric ester groups is 2. The Morgan fingerprint density at radius 2 is 0.500 bits per heavy atom. The molecule has 17 nitrogen and oxygen atoms in total. The van der Waals surface area contributed by atoms with E-state index in [1.165, 1.54) is 70.6 Å². The highest BCUT2D eigenvalue weighted by Crippen LogP contribution is 2.45. The second kappa shape index (κ2) is 78.3. The van der Waals surface area contributed by atoms with Gasteiger partial charge in [-0.3, -0.25) is 37.3 Å². The first-order valence-electron chi connectivity index (χ1n) is 41.4. The Kier molecular flexibility index (Phi) is 74.8. The summed E-state index contributed by atoms with van der Waals surface area (Å²) in [6.07, 6.45) is 88.5. The molecule has 0 heterocycles. The smallest absolute Gasteiger partial charge is 0.462 e. The van der Waals surface area contributed by atoms with Crippen LogP contribution in [0.25, 0.3) is 0 Å². The summed E-state index contributed by atoms with van der Waals surface area (Å²) in [5.41, 5.74) is 0. The SMILES string of the molecule is CC/C=C\C/C=C\C/C=C\C/C=C\C/C=C\CCCC(=O)OCC(COP(=O)(O)OCC(O)COP(=O)(O)OCC(COC(=O)CCCCCCCC/C=C\C/C=C\C/C=C\CCCCC)OC(=O)CCCCCCCCC/C=C\C/C=C\C/C=C\CC)OC(=O)CCCCCCCCCCCCCCC. The number of carbonyl (C=O) groups is 4. The number of ether oxygens (including phenoxy) is 4.